The van der Waals surface area contributed by atoms with Crippen LogP contribution in [0.1, 0.15) is 39.5 Å². The summed E-state index contributed by atoms with van der Waals surface area (Å²) in [6.45, 7) is 11.8. The molecule has 1 nitrogen and oxygen atoms in total. The van der Waals surface area contributed by atoms with Gasteiger partial charge in [-0.15, -0.1) is 0 Å². The van der Waals surface area contributed by atoms with Gasteiger partial charge in [0.1, 0.15) is 0 Å². The third kappa shape index (κ3) is 1.44. The van der Waals surface area contributed by atoms with Gasteiger partial charge in [-0.1, -0.05) is 33.5 Å². The van der Waals surface area contributed by atoms with Gasteiger partial charge in [0.2, 0.25) is 0 Å². The topological polar surface area (TPSA) is 20.2 Å². The number of rotatable bonds is 4. The lowest BCUT2D eigenvalue weighted by atomic mass is 9.80. The highest BCUT2D eigenvalue weighted by Gasteiger charge is 2.69. The van der Waals surface area contributed by atoms with Crippen LogP contribution in [0, 0.1) is 11.8 Å². The fourth-order valence-electron chi connectivity index (χ4n) is 3.81. The first-order chi connectivity index (χ1) is 6.76. The van der Waals surface area contributed by atoms with Crippen molar-refractivity contribution in [2.45, 2.75) is 69.8 Å². The van der Waals surface area contributed by atoms with Crippen LogP contribution in [0.25, 0.3) is 0 Å². The molecule has 2 aliphatic carbocycles. The highest BCUT2D eigenvalue weighted by Crippen LogP contribution is 2.73. The SMILES string of the molecule is CC(C)[C@@](O)(C1CC1)C1([Si](C)(C)C)CC1. The van der Waals surface area contributed by atoms with Gasteiger partial charge in [-0.2, -0.15) is 0 Å². The molecule has 1 atom stereocenters. The van der Waals surface area contributed by atoms with Crippen LogP contribution in [0.4, 0.5) is 0 Å². The van der Waals surface area contributed by atoms with E-state index in [1.54, 1.807) is 0 Å². The molecule has 2 saturated carbocycles. The highest BCUT2D eigenvalue weighted by molar-refractivity contribution is 6.80. The first kappa shape index (κ1) is 11.7. The first-order valence-electron chi connectivity index (χ1n) is 6.48. The first-order valence-corrected chi connectivity index (χ1v) is 9.98. The standard InChI is InChI=1S/C13H26OSi/c1-10(2)13(14,11-6-7-11)12(8-9-12)15(3,4)5/h10-11,14H,6-9H2,1-5H3/t13-/m1/s1. The monoisotopic (exact) mass is 226 g/mol. The largest absolute Gasteiger partial charge is 0.389 e. The van der Waals surface area contributed by atoms with Crippen molar-refractivity contribution in [3.63, 3.8) is 0 Å². The molecule has 0 amide bonds. The molecule has 0 spiro atoms. The van der Waals surface area contributed by atoms with E-state index >= 15 is 0 Å². The Kier molecular flexibility index (Phi) is 2.41. The number of hydrogen-bond acceptors (Lipinski definition) is 1. The quantitative estimate of drug-likeness (QED) is 0.725. The van der Waals surface area contributed by atoms with Crippen molar-refractivity contribution in [2.24, 2.45) is 11.8 Å². The van der Waals surface area contributed by atoms with Crippen LogP contribution >= 0.6 is 0 Å². The van der Waals surface area contributed by atoms with E-state index in [0.29, 0.717) is 16.9 Å². The van der Waals surface area contributed by atoms with Crippen molar-refractivity contribution in [1.82, 2.24) is 0 Å². The minimum atomic E-state index is -1.24. The molecule has 0 aromatic rings. The predicted octanol–water partition coefficient (Wildman–Crippen LogP) is 3.66. The molecule has 0 aromatic carbocycles. The van der Waals surface area contributed by atoms with E-state index in [-0.39, 0.29) is 5.60 Å². The van der Waals surface area contributed by atoms with Crippen LogP contribution in [0.3, 0.4) is 0 Å². The highest BCUT2D eigenvalue weighted by atomic mass is 28.3. The summed E-state index contributed by atoms with van der Waals surface area (Å²) in [6.07, 6.45) is 5.10. The fourth-order valence-corrected chi connectivity index (χ4v) is 7.13. The number of hydrogen-bond donors (Lipinski definition) is 1. The normalized spacial score (nSPS) is 29.0. The summed E-state index contributed by atoms with van der Waals surface area (Å²) >= 11 is 0. The van der Waals surface area contributed by atoms with Crippen molar-refractivity contribution < 1.29 is 5.11 Å². The van der Waals surface area contributed by atoms with E-state index in [1.807, 2.05) is 0 Å². The second-order valence-corrected chi connectivity index (χ2v) is 12.5. The van der Waals surface area contributed by atoms with Gasteiger partial charge in [-0.25, -0.2) is 0 Å². The van der Waals surface area contributed by atoms with Crippen molar-refractivity contribution in [1.29, 1.82) is 0 Å². The molecule has 88 valence electrons. The summed E-state index contributed by atoms with van der Waals surface area (Å²) in [7, 11) is -1.24. The molecule has 0 aromatic heterocycles. The minimum absolute atomic E-state index is 0.336. The van der Waals surface area contributed by atoms with Crippen LogP contribution in [-0.4, -0.2) is 18.8 Å². The zero-order valence-electron chi connectivity index (χ0n) is 10.9. The molecule has 0 radical (unpaired) electrons. The molecular formula is C13H26OSi. The maximum absolute atomic E-state index is 11.2. The predicted molar refractivity (Wildman–Crippen MR) is 67.8 cm³/mol. The van der Waals surface area contributed by atoms with E-state index in [2.05, 4.69) is 33.5 Å². The van der Waals surface area contributed by atoms with Crippen LogP contribution in [0.2, 0.25) is 24.7 Å². The zero-order valence-corrected chi connectivity index (χ0v) is 11.9. The molecule has 15 heavy (non-hydrogen) atoms. The van der Waals surface area contributed by atoms with Gasteiger partial charge < -0.3 is 5.11 Å². The van der Waals surface area contributed by atoms with Crippen LogP contribution < -0.4 is 0 Å². The maximum atomic E-state index is 11.2. The summed E-state index contributed by atoms with van der Waals surface area (Å²) in [5.74, 6) is 1.05. The van der Waals surface area contributed by atoms with E-state index in [4.69, 9.17) is 0 Å². The van der Waals surface area contributed by atoms with Gasteiger partial charge in [0.25, 0.3) is 0 Å². The smallest absolute Gasteiger partial charge is 0.0730 e. The molecule has 2 heteroatoms. The Labute approximate surface area is 95.3 Å². The fraction of sp³-hybridized carbons (Fsp3) is 1.00. The van der Waals surface area contributed by atoms with Crippen LogP contribution in [0.5, 0.6) is 0 Å². The molecule has 1 N–H and O–H groups in total. The number of aliphatic hydroxyl groups is 1. The summed E-state index contributed by atoms with van der Waals surface area (Å²) in [4.78, 5) is 0. The van der Waals surface area contributed by atoms with Gasteiger partial charge in [-0.05, 0) is 42.6 Å². The molecule has 0 unspecified atom stereocenters. The average molecular weight is 226 g/mol. The Hall–Kier alpha value is 0.177. The lowest BCUT2D eigenvalue weighted by Crippen LogP contribution is -2.52. The van der Waals surface area contributed by atoms with Gasteiger partial charge in [-0.3, -0.25) is 0 Å². The molecule has 2 fully saturated rings. The third-order valence-electron chi connectivity index (χ3n) is 5.03. The summed E-state index contributed by atoms with van der Waals surface area (Å²) in [5.41, 5.74) is -0.336. The Balaban J connectivity index is 2.33. The summed E-state index contributed by atoms with van der Waals surface area (Å²) in [6, 6.07) is 0. The second kappa shape index (κ2) is 3.10. The minimum Gasteiger partial charge on any atom is -0.389 e. The molecule has 0 aliphatic heterocycles. The Morgan fingerprint density at radius 2 is 1.67 bits per heavy atom. The van der Waals surface area contributed by atoms with E-state index in [1.165, 1.54) is 25.7 Å². The maximum Gasteiger partial charge on any atom is 0.0730 e. The molecule has 0 heterocycles. The molecule has 2 aliphatic rings. The van der Waals surface area contributed by atoms with E-state index in [0.717, 1.165) is 0 Å². The Bertz CT molecular complexity index is 254. The average Bonchev–Trinajstić information content (AvgIpc) is 2.94. The van der Waals surface area contributed by atoms with Gasteiger partial charge in [0.15, 0.2) is 0 Å². The molecule has 0 bridgehead atoms. The second-order valence-electron chi connectivity index (χ2n) is 7.09. The third-order valence-corrected chi connectivity index (χ3v) is 8.80. The van der Waals surface area contributed by atoms with E-state index in [9.17, 15) is 5.11 Å². The van der Waals surface area contributed by atoms with Crippen LogP contribution in [0.15, 0.2) is 0 Å². The van der Waals surface area contributed by atoms with E-state index < -0.39 is 8.07 Å². The van der Waals surface area contributed by atoms with Crippen molar-refractivity contribution in [3.05, 3.63) is 0 Å². The molecular weight excluding hydrogens is 200 g/mol. The summed E-state index contributed by atoms with van der Waals surface area (Å²) in [5, 5.41) is 11.5. The summed E-state index contributed by atoms with van der Waals surface area (Å²) < 4.78 is 0. The van der Waals surface area contributed by atoms with Gasteiger partial charge in [0.05, 0.1) is 13.7 Å². The lowest BCUT2D eigenvalue weighted by molar-refractivity contribution is -0.0432. The van der Waals surface area contributed by atoms with Crippen molar-refractivity contribution in [3.8, 4) is 0 Å². The Morgan fingerprint density at radius 3 is 1.87 bits per heavy atom. The van der Waals surface area contributed by atoms with Crippen molar-refractivity contribution in [2.75, 3.05) is 0 Å². The zero-order chi connectivity index (χ0) is 11.5. The van der Waals surface area contributed by atoms with Gasteiger partial charge >= 0.3 is 0 Å². The van der Waals surface area contributed by atoms with Crippen molar-refractivity contribution >= 4 is 8.07 Å². The van der Waals surface area contributed by atoms with Crippen LogP contribution in [-0.2, 0) is 0 Å². The molecule has 0 saturated heterocycles. The van der Waals surface area contributed by atoms with Gasteiger partial charge in [0, 0.05) is 0 Å². The Morgan fingerprint density at radius 1 is 1.20 bits per heavy atom. The molecule has 2 rings (SSSR count). The lowest BCUT2D eigenvalue weighted by Gasteiger charge is -2.47.